The van der Waals surface area contributed by atoms with Crippen LogP contribution in [0, 0.1) is 5.21 Å². The molecule has 0 aromatic heterocycles. The van der Waals surface area contributed by atoms with E-state index in [4.69, 9.17) is 0 Å². The van der Waals surface area contributed by atoms with Crippen molar-refractivity contribution in [1.29, 1.82) is 0 Å². The van der Waals surface area contributed by atoms with Gasteiger partial charge in [-0.1, -0.05) is 0 Å². The molecular formula is C8H17N3O2. The van der Waals surface area contributed by atoms with Gasteiger partial charge in [0.15, 0.2) is 0 Å². The number of piperidine rings is 1. The van der Waals surface area contributed by atoms with Crippen LogP contribution in [0.15, 0.2) is 5.28 Å². The van der Waals surface area contributed by atoms with E-state index in [2.05, 4.69) is 10.1 Å². The van der Waals surface area contributed by atoms with Crippen LogP contribution in [0.3, 0.4) is 0 Å². The zero-order valence-corrected chi connectivity index (χ0v) is 8.43. The van der Waals surface area contributed by atoms with Crippen molar-refractivity contribution in [2.75, 3.05) is 7.11 Å². The van der Waals surface area contributed by atoms with Crippen LogP contribution in [0.5, 0.6) is 0 Å². The minimum Gasteiger partial charge on any atom is -0.569 e. The summed E-state index contributed by atoms with van der Waals surface area (Å²) >= 11 is 0. The molecule has 2 atom stereocenters. The lowest BCUT2D eigenvalue weighted by atomic mass is 10.00. The van der Waals surface area contributed by atoms with E-state index >= 15 is 0 Å². The molecule has 0 aromatic rings. The standard InChI is InChI=1S/C8H17N3O2/c1-7-5-4-6-8(2)10(7)11(12)9-13-3/h7-8H,4-6H2,1-3H3/b11-9-/t7-,8+. The smallest absolute Gasteiger partial charge is 0.232 e. The average Bonchev–Trinajstić information content (AvgIpc) is 2.04. The molecule has 0 unspecified atom stereocenters. The summed E-state index contributed by atoms with van der Waals surface area (Å²) in [5.74, 6) is 0. The zero-order chi connectivity index (χ0) is 9.84. The predicted molar refractivity (Wildman–Crippen MR) is 47.7 cm³/mol. The summed E-state index contributed by atoms with van der Waals surface area (Å²) in [6, 6.07) is 0.500. The van der Waals surface area contributed by atoms with E-state index in [1.165, 1.54) is 13.5 Å². The van der Waals surface area contributed by atoms with Crippen molar-refractivity contribution >= 4 is 0 Å². The highest BCUT2D eigenvalue weighted by Crippen LogP contribution is 2.22. The summed E-state index contributed by atoms with van der Waals surface area (Å²) in [4.78, 5) is 5.01. The summed E-state index contributed by atoms with van der Waals surface area (Å²) in [7, 11) is 1.38. The fourth-order valence-corrected chi connectivity index (χ4v) is 1.86. The number of hydrogen-bond acceptors (Lipinski definition) is 3. The Balaban J connectivity index is 2.68. The minimum atomic E-state index is 0.250. The third-order valence-corrected chi connectivity index (χ3v) is 2.50. The van der Waals surface area contributed by atoms with Gasteiger partial charge < -0.3 is 10.0 Å². The first-order valence-electron chi connectivity index (χ1n) is 4.66. The summed E-state index contributed by atoms with van der Waals surface area (Å²) in [5.41, 5.74) is 0. The molecule has 1 rings (SSSR count). The number of rotatable bonds is 2. The Morgan fingerprint density at radius 2 is 1.92 bits per heavy atom. The molecule has 0 bridgehead atoms. The highest BCUT2D eigenvalue weighted by atomic mass is 16.7. The van der Waals surface area contributed by atoms with Gasteiger partial charge >= 0.3 is 0 Å². The second-order valence-corrected chi connectivity index (χ2v) is 3.53. The summed E-state index contributed by atoms with van der Waals surface area (Å²) in [6.45, 7) is 4.07. The summed E-state index contributed by atoms with van der Waals surface area (Å²) in [5, 5.41) is 16.4. The van der Waals surface area contributed by atoms with Crippen LogP contribution in [0.25, 0.3) is 0 Å². The minimum absolute atomic E-state index is 0.250. The van der Waals surface area contributed by atoms with Crippen molar-refractivity contribution in [2.24, 2.45) is 5.28 Å². The predicted octanol–water partition coefficient (Wildman–Crippen LogP) is 1.69. The van der Waals surface area contributed by atoms with Gasteiger partial charge in [-0.15, -0.1) is 5.01 Å². The second-order valence-electron chi connectivity index (χ2n) is 3.53. The Morgan fingerprint density at radius 3 is 2.38 bits per heavy atom. The lowest BCUT2D eigenvalue weighted by molar-refractivity contribution is -0.726. The lowest BCUT2D eigenvalue weighted by Gasteiger charge is -2.33. The highest BCUT2D eigenvalue weighted by Gasteiger charge is 2.31. The van der Waals surface area contributed by atoms with E-state index in [-0.39, 0.29) is 12.1 Å². The first-order valence-corrected chi connectivity index (χ1v) is 4.66. The van der Waals surface area contributed by atoms with Crippen LogP contribution in [0.1, 0.15) is 33.1 Å². The normalized spacial score (nSPS) is 30.4. The monoisotopic (exact) mass is 187 g/mol. The third-order valence-electron chi connectivity index (χ3n) is 2.50. The summed E-state index contributed by atoms with van der Waals surface area (Å²) in [6.07, 6.45) is 3.27. The van der Waals surface area contributed by atoms with Crippen molar-refractivity contribution in [2.45, 2.75) is 45.2 Å². The van der Waals surface area contributed by atoms with Gasteiger partial charge in [0.25, 0.3) is 0 Å². The van der Waals surface area contributed by atoms with Gasteiger partial charge in [-0.05, 0) is 33.1 Å². The van der Waals surface area contributed by atoms with Crippen molar-refractivity contribution in [3.05, 3.63) is 5.21 Å². The van der Waals surface area contributed by atoms with E-state index in [0.29, 0.717) is 4.97 Å². The molecule has 13 heavy (non-hydrogen) atoms. The molecule has 76 valence electrons. The van der Waals surface area contributed by atoms with Crippen LogP contribution in [0.4, 0.5) is 0 Å². The van der Waals surface area contributed by atoms with Gasteiger partial charge in [0, 0.05) is 0 Å². The Hall–Kier alpha value is -1.00. The van der Waals surface area contributed by atoms with Crippen molar-refractivity contribution < 1.29 is 9.81 Å². The highest BCUT2D eigenvalue weighted by molar-refractivity contribution is 4.72. The van der Waals surface area contributed by atoms with Crippen LogP contribution < -0.4 is 0 Å². The molecule has 1 saturated heterocycles. The fourth-order valence-electron chi connectivity index (χ4n) is 1.86. The summed E-state index contributed by atoms with van der Waals surface area (Å²) < 4.78 is 0. The Morgan fingerprint density at radius 1 is 1.38 bits per heavy atom. The van der Waals surface area contributed by atoms with E-state index in [1.807, 2.05) is 13.8 Å². The molecule has 5 heteroatoms. The van der Waals surface area contributed by atoms with Crippen molar-refractivity contribution in [1.82, 2.24) is 5.01 Å². The van der Waals surface area contributed by atoms with Gasteiger partial charge in [-0.3, -0.25) is 0 Å². The molecule has 1 aliphatic heterocycles. The van der Waals surface area contributed by atoms with Crippen LogP contribution in [-0.4, -0.2) is 29.2 Å². The Labute approximate surface area is 78.5 Å². The Bertz CT molecular complexity index is 186. The van der Waals surface area contributed by atoms with E-state index in [1.54, 1.807) is 5.01 Å². The second kappa shape index (κ2) is 4.30. The molecule has 5 nitrogen and oxygen atoms in total. The molecule has 0 radical (unpaired) electrons. The van der Waals surface area contributed by atoms with Gasteiger partial charge in [-0.25, -0.2) is 0 Å². The number of hydrazine groups is 1. The fraction of sp³-hybridized carbons (Fsp3) is 1.00. The molecule has 0 spiro atoms. The maximum absolute atomic E-state index is 11.4. The largest absolute Gasteiger partial charge is 0.569 e. The molecule has 0 amide bonds. The van der Waals surface area contributed by atoms with E-state index in [9.17, 15) is 5.21 Å². The van der Waals surface area contributed by atoms with Crippen molar-refractivity contribution in [3.63, 3.8) is 0 Å². The molecule has 0 N–H and O–H groups in total. The molecule has 1 heterocycles. The third kappa shape index (κ3) is 2.23. The number of nitrogens with zero attached hydrogens (tertiary/aromatic N) is 3. The topological polar surface area (TPSA) is 50.9 Å². The van der Waals surface area contributed by atoms with Crippen LogP contribution in [-0.2, 0) is 4.84 Å². The van der Waals surface area contributed by atoms with Crippen LogP contribution >= 0.6 is 0 Å². The van der Waals surface area contributed by atoms with E-state index in [0.717, 1.165) is 12.8 Å². The van der Waals surface area contributed by atoms with Crippen molar-refractivity contribution in [3.8, 4) is 0 Å². The molecule has 1 aliphatic rings. The van der Waals surface area contributed by atoms with E-state index < -0.39 is 0 Å². The maximum atomic E-state index is 11.4. The molecule has 0 aromatic carbocycles. The van der Waals surface area contributed by atoms with Gasteiger partial charge in [0.2, 0.25) is 5.28 Å². The molecule has 1 fully saturated rings. The van der Waals surface area contributed by atoms with Gasteiger partial charge in [-0.2, -0.15) is 0 Å². The molecule has 0 aliphatic carbocycles. The van der Waals surface area contributed by atoms with Gasteiger partial charge in [0.1, 0.15) is 7.11 Å². The average molecular weight is 187 g/mol. The van der Waals surface area contributed by atoms with Crippen LogP contribution in [0.2, 0.25) is 0 Å². The molecule has 0 saturated carbocycles. The van der Waals surface area contributed by atoms with Gasteiger partial charge in [0.05, 0.1) is 17.1 Å². The maximum Gasteiger partial charge on any atom is 0.232 e. The molecular weight excluding hydrogens is 170 g/mol. The number of hydrogen-bond donors (Lipinski definition) is 0. The first-order chi connectivity index (χ1) is 6.16. The SMILES string of the molecule is CO/N=[N+](\[O-])N1[C@H](C)CCC[C@@H]1C. The Kier molecular flexibility index (Phi) is 3.33. The quantitative estimate of drug-likeness (QED) is 0.375. The zero-order valence-electron chi connectivity index (χ0n) is 8.43. The first kappa shape index (κ1) is 10.1. The lowest BCUT2D eigenvalue weighted by Crippen LogP contribution is -2.47.